The van der Waals surface area contributed by atoms with E-state index in [0.29, 0.717) is 29.5 Å². The SMILES string of the molecule is O=C(Nc1ccc(F)cc1)c1nnc([C@H]2CCCN(C(=O)Nc3ccc(F)c(Cl)c3)C2)s1. The maximum absolute atomic E-state index is 13.3. The monoisotopic (exact) mass is 477 g/mol. The van der Waals surface area contributed by atoms with Gasteiger partial charge in [-0.25, -0.2) is 13.6 Å². The molecule has 11 heteroatoms. The molecule has 4 rings (SSSR count). The van der Waals surface area contributed by atoms with E-state index in [0.717, 1.165) is 12.8 Å². The predicted octanol–water partition coefficient (Wildman–Crippen LogP) is 5.13. The number of carbonyl (C=O) groups is 2. The van der Waals surface area contributed by atoms with Gasteiger partial charge < -0.3 is 15.5 Å². The minimum Gasteiger partial charge on any atom is -0.324 e. The molecule has 2 heterocycles. The fourth-order valence-electron chi connectivity index (χ4n) is 3.35. The van der Waals surface area contributed by atoms with Crippen molar-refractivity contribution in [3.63, 3.8) is 0 Å². The minimum atomic E-state index is -0.557. The topological polar surface area (TPSA) is 87.2 Å². The number of halogens is 3. The number of benzene rings is 2. The zero-order valence-corrected chi connectivity index (χ0v) is 18.2. The second-order valence-electron chi connectivity index (χ2n) is 7.25. The third-order valence-electron chi connectivity index (χ3n) is 4.97. The number of piperidine rings is 1. The minimum absolute atomic E-state index is 0.0591. The Morgan fingerprint density at radius 2 is 1.81 bits per heavy atom. The van der Waals surface area contributed by atoms with Gasteiger partial charge in [0, 0.05) is 30.4 Å². The van der Waals surface area contributed by atoms with E-state index in [1.807, 2.05) is 0 Å². The summed E-state index contributed by atoms with van der Waals surface area (Å²) in [5.74, 6) is -1.44. The van der Waals surface area contributed by atoms with Gasteiger partial charge in [0.15, 0.2) is 0 Å². The first-order chi connectivity index (χ1) is 15.4. The molecule has 0 unspecified atom stereocenters. The summed E-state index contributed by atoms with van der Waals surface area (Å²) in [6.07, 6.45) is 1.57. The van der Waals surface area contributed by atoms with E-state index in [9.17, 15) is 18.4 Å². The van der Waals surface area contributed by atoms with Crippen LogP contribution in [0.3, 0.4) is 0 Å². The van der Waals surface area contributed by atoms with Gasteiger partial charge >= 0.3 is 6.03 Å². The van der Waals surface area contributed by atoms with Crippen molar-refractivity contribution in [1.29, 1.82) is 0 Å². The van der Waals surface area contributed by atoms with E-state index >= 15 is 0 Å². The van der Waals surface area contributed by atoms with Crippen molar-refractivity contribution in [2.75, 3.05) is 23.7 Å². The van der Waals surface area contributed by atoms with Crippen LogP contribution in [0.25, 0.3) is 0 Å². The van der Waals surface area contributed by atoms with E-state index in [2.05, 4.69) is 20.8 Å². The Morgan fingerprint density at radius 1 is 1.06 bits per heavy atom. The number of likely N-dealkylation sites (tertiary alicyclic amines) is 1. The maximum Gasteiger partial charge on any atom is 0.321 e. The zero-order valence-electron chi connectivity index (χ0n) is 16.6. The number of nitrogens with one attached hydrogen (secondary N) is 2. The van der Waals surface area contributed by atoms with Crippen molar-refractivity contribution in [2.24, 2.45) is 0 Å². The van der Waals surface area contributed by atoms with Gasteiger partial charge in [0.2, 0.25) is 5.01 Å². The Bertz CT molecular complexity index is 1140. The van der Waals surface area contributed by atoms with Crippen molar-refractivity contribution in [3.8, 4) is 0 Å². The van der Waals surface area contributed by atoms with E-state index in [1.165, 1.54) is 53.8 Å². The lowest BCUT2D eigenvalue weighted by atomic mass is 9.99. The lowest BCUT2D eigenvalue weighted by Gasteiger charge is -2.31. The molecule has 1 saturated heterocycles. The van der Waals surface area contributed by atoms with Crippen LogP contribution in [0.4, 0.5) is 25.0 Å². The Morgan fingerprint density at radius 3 is 2.56 bits per heavy atom. The highest BCUT2D eigenvalue weighted by Crippen LogP contribution is 2.30. The van der Waals surface area contributed by atoms with E-state index in [1.54, 1.807) is 4.90 Å². The number of carbonyl (C=O) groups excluding carboxylic acids is 2. The number of nitrogens with zero attached hydrogens (tertiary/aromatic N) is 3. The van der Waals surface area contributed by atoms with Crippen LogP contribution in [0, 0.1) is 11.6 Å². The number of aromatic nitrogens is 2. The van der Waals surface area contributed by atoms with Gasteiger partial charge in [0.05, 0.1) is 5.02 Å². The highest BCUT2D eigenvalue weighted by atomic mass is 35.5. The molecule has 1 fully saturated rings. The third-order valence-corrected chi connectivity index (χ3v) is 6.34. The fourth-order valence-corrected chi connectivity index (χ4v) is 4.39. The van der Waals surface area contributed by atoms with Crippen molar-refractivity contribution in [1.82, 2.24) is 15.1 Å². The Kier molecular flexibility index (Phi) is 6.61. The van der Waals surface area contributed by atoms with Crippen molar-refractivity contribution in [3.05, 3.63) is 69.1 Å². The summed E-state index contributed by atoms with van der Waals surface area (Å²) >= 11 is 6.93. The average molecular weight is 478 g/mol. The summed E-state index contributed by atoms with van der Waals surface area (Å²) in [5.41, 5.74) is 0.855. The molecule has 7 nitrogen and oxygen atoms in total. The molecule has 3 amide bonds. The lowest BCUT2D eigenvalue weighted by molar-refractivity contribution is 0.102. The van der Waals surface area contributed by atoms with Crippen molar-refractivity contribution >= 4 is 46.3 Å². The van der Waals surface area contributed by atoms with Gasteiger partial charge in [0.1, 0.15) is 16.6 Å². The predicted molar refractivity (Wildman–Crippen MR) is 118 cm³/mol. The summed E-state index contributed by atoms with van der Waals surface area (Å²) in [5, 5.41) is 14.3. The van der Waals surface area contributed by atoms with Crippen LogP contribution in [-0.4, -0.2) is 40.1 Å². The van der Waals surface area contributed by atoms with Crippen molar-refractivity contribution in [2.45, 2.75) is 18.8 Å². The zero-order chi connectivity index (χ0) is 22.7. The molecule has 0 bridgehead atoms. The van der Waals surface area contributed by atoms with E-state index in [4.69, 9.17) is 11.6 Å². The van der Waals surface area contributed by atoms with Crippen LogP contribution in [0.5, 0.6) is 0 Å². The molecule has 0 radical (unpaired) electrons. The van der Waals surface area contributed by atoms with Gasteiger partial charge in [-0.15, -0.1) is 10.2 Å². The largest absolute Gasteiger partial charge is 0.324 e. The molecule has 1 aliphatic heterocycles. The summed E-state index contributed by atoms with van der Waals surface area (Å²) in [6, 6.07) is 9.09. The quantitative estimate of drug-likeness (QED) is 0.545. The normalized spacial score (nSPS) is 16.0. The molecule has 2 aromatic carbocycles. The number of rotatable bonds is 4. The fraction of sp³-hybridized carbons (Fsp3) is 0.238. The van der Waals surface area contributed by atoms with Crippen LogP contribution in [0.1, 0.15) is 33.6 Å². The third kappa shape index (κ3) is 5.20. The van der Waals surface area contributed by atoms with Crippen LogP contribution >= 0.6 is 22.9 Å². The van der Waals surface area contributed by atoms with E-state index in [-0.39, 0.29) is 22.0 Å². The number of hydrogen-bond donors (Lipinski definition) is 2. The van der Waals surface area contributed by atoms with Gasteiger partial charge in [-0.1, -0.05) is 22.9 Å². The molecule has 3 aromatic rings. The molecular weight excluding hydrogens is 460 g/mol. The number of amides is 3. The first-order valence-corrected chi connectivity index (χ1v) is 11.0. The Hall–Kier alpha value is -3.11. The number of anilines is 2. The van der Waals surface area contributed by atoms with Crippen LogP contribution < -0.4 is 10.6 Å². The highest BCUT2D eigenvalue weighted by molar-refractivity contribution is 7.13. The summed E-state index contributed by atoms with van der Waals surface area (Å²) in [7, 11) is 0. The first kappa shape index (κ1) is 22.1. The average Bonchev–Trinajstić information content (AvgIpc) is 3.28. The number of hydrogen-bond acceptors (Lipinski definition) is 5. The Balaban J connectivity index is 1.38. The first-order valence-electron chi connectivity index (χ1n) is 9.80. The van der Waals surface area contributed by atoms with Crippen molar-refractivity contribution < 1.29 is 18.4 Å². The van der Waals surface area contributed by atoms with Gasteiger partial charge in [-0.2, -0.15) is 0 Å². The van der Waals surface area contributed by atoms with Crippen LogP contribution in [-0.2, 0) is 0 Å². The van der Waals surface area contributed by atoms with Crippen LogP contribution in [0.15, 0.2) is 42.5 Å². The highest BCUT2D eigenvalue weighted by Gasteiger charge is 2.28. The molecular formula is C21H18ClF2N5O2S. The molecule has 0 saturated carbocycles. The molecule has 166 valence electrons. The molecule has 1 atom stereocenters. The van der Waals surface area contributed by atoms with Crippen LogP contribution in [0.2, 0.25) is 5.02 Å². The summed E-state index contributed by atoms with van der Waals surface area (Å²) in [4.78, 5) is 26.7. The second kappa shape index (κ2) is 9.58. The van der Waals surface area contributed by atoms with Gasteiger partial charge in [0.25, 0.3) is 5.91 Å². The molecule has 0 spiro atoms. The number of urea groups is 1. The molecule has 1 aliphatic rings. The summed E-state index contributed by atoms with van der Waals surface area (Å²) in [6.45, 7) is 0.975. The smallest absolute Gasteiger partial charge is 0.321 e. The molecule has 1 aromatic heterocycles. The van der Waals surface area contributed by atoms with Gasteiger partial charge in [-0.05, 0) is 55.3 Å². The molecule has 0 aliphatic carbocycles. The second-order valence-corrected chi connectivity index (χ2v) is 8.67. The standard InChI is InChI=1S/C21H18ClF2N5O2S/c22-16-10-15(7-8-17(16)24)26-21(31)29-9-1-2-12(11-29)19-27-28-20(32-19)18(30)25-14-5-3-13(23)4-6-14/h3-8,10,12H,1-2,9,11H2,(H,25,30)(H,26,31)/t12-/m0/s1. The lowest BCUT2D eigenvalue weighted by Crippen LogP contribution is -2.41. The molecule has 32 heavy (non-hydrogen) atoms. The molecule has 2 N–H and O–H groups in total. The summed E-state index contributed by atoms with van der Waals surface area (Å²) < 4.78 is 26.3. The Labute approximate surface area is 191 Å². The van der Waals surface area contributed by atoms with E-state index < -0.39 is 17.5 Å². The maximum atomic E-state index is 13.3. The van der Waals surface area contributed by atoms with Gasteiger partial charge in [-0.3, -0.25) is 4.79 Å².